The van der Waals surface area contributed by atoms with Gasteiger partial charge in [-0.2, -0.15) is 0 Å². The zero-order valence-corrected chi connectivity index (χ0v) is 6.80. The highest BCUT2D eigenvalue weighted by Crippen LogP contribution is 2.35. The van der Waals surface area contributed by atoms with Crippen LogP contribution in [0.5, 0.6) is 0 Å². The van der Waals surface area contributed by atoms with E-state index in [1.165, 1.54) is 6.66 Å². The summed E-state index contributed by atoms with van der Waals surface area (Å²) in [6.45, 7) is 1.27. The molecule has 1 atom stereocenters. The van der Waals surface area contributed by atoms with Gasteiger partial charge in [-0.1, -0.05) is 0 Å². The molecule has 1 unspecified atom stereocenters. The lowest BCUT2D eigenvalue weighted by atomic mass is 10.3. The Hall–Kier alpha value is -0.340. The molecule has 60 valence electrons. The van der Waals surface area contributed by atoms with Crippen molar-refractivity contribution in [2.75, 3.05) is 12.8 Å². The number of amides is 1. The van der Waals surface area contributed by atoms with Crippen LogP contribution >= 0.6 is 7.37 Å². The molecule has 0 aliphatic carbocycles. The van der Waals surface area contributed by atoms with Crippen LogP contribution in [-0.4, -0.2) is 23.6 Å². The first kappa shape index (κ1) is 9.66. The Bertz CT molecular complexity index is 162. The number of primary amides is 1. The maximum atomic E-state index is 10.6. The molecule has 0 rings (SSSR count). The zero-order valence-electron chi connectivity index (χ0n) is 5.91. The Kier molecular flexibility index (Phi) is 3.61. The third-order valence-corrected chi connectivity index (χ3v) is 2.14. The second-order valence-electron chi connectivity index (χ2n) is 2.34. The predicted molar refractivity (Wildman–Crippen MR) is 39.0 cm³/mol. The fraction of sp³-hybridized carbons (Fsp3) is 0.800. The molecular weight excluding hydrogens is 153 g/mol. The van der Waals surface area contributed by atoms with Crippen molar-refractivity contribution in [1.29, 1.82) is 0 Å². The first-order valence-corrected chi connectivity index (χ1v) is 5.28. The highest BCUT2D eigenvalue weighted by molar-refractivity contribution is 7.57. The van der Waals surface area contributed by atoms with Crippen molar-refractivity contribution in [3.63, 3.8) is 0 Å². The Morgan fingerprint density at radius 3 is 2.50 bits per heavy atom. The van der Waals surface area contributed by atoms with Gasteiger partial charge in [-0.25, -0.2) is 0 Å². The molecule has 0 aliphatic heterocycles. The maximum Gasteiger partial charge on any atom is 0.217 e. The van der Waals surface area contributed by atoms with Gasteiger partial charge in [-0.15, -0.1) is 0 Å². The summed E-state index contributed by atoms with van der Waals surface area (Å²) >= 11 is 0. The first-order valence-electron chi connectivity index (χ1n) is 2.99. The fourth-order valence-corrected chi connectivity index (χ4v) is 1.29. The number of carbonyl (C=O) groups excluding carboxylic acids is 1. The van der Waals surface area contributed by atoms with E-state index in [4.69, 9.17) is 10.6 Å². The van der Waals surface area contributed by atoms with Gasteiger partial charge in [-0.3, -0.25) is 9.36 Å². The Balaban J connectivity index is 3.39. The summed E-state index contributed by atoms with van der Waals surface area (Å²) < 4.78 is 10.6. The number of nitrogens with two attached hydrogens (primary N) is 1. The van der Waals surface area contributed by atoms with Crippen LogP contribution in [-0.2, 0) is 9.36 Å². The van der Waals surface area contributed by atoms with Crippen LogP contribution in [0.15, 0.2) is 0 Å². The van der Waals surface area contributed by atoms with E-state index >= 15 is 0 Å². The molecule has 0 aromatic heterocycles. The normalized spacial score (nSPS) is 16.2. The Morgan fingerprint density at radius 1 is 1.70 bits per heavy atom. The van der Waals surface area contributed by atoms with Gasteiger partial charge in [0, 0.05) is 19.2 Å². The highest BCUT2D eigenvalue weighted by Gasteiger charge is 2.08. The number of rotatable bonds is 4. The lowest BCUT2D eigenvalue weighted by molar-refractivity contribution is -0.118. The number of hydrogen-bond acceptors (Lipinski definition) is 2. The van der Waals surface area contributed by atoms with E-state index in [9.17, 15) is 9.36 Å². The largest absolute Gasteiger partial charge is 0.370 e. The quantitative estimate of drug-likeness (QED) is 0.582. The summed E-state index contributed by atoms with van der Waals surface area (Å²) in [7, 11) is -2.93. The minimum Gasteiger partial charge on any atom is -0.370 e. The molecule has 0 aromatic rings. The summed E-state index contributed by atoms with van der Waals surface area (Å²) in [6, 6.07) is 0. The average molecular weight is 165 g/mol. The lowest BCUT2D eigenvalue weighted by Crippen LogP contribution is -2.10. The van der Waals surface area contributed by atoms with E-state index in [0.717, 1.165) is 0 Å². The predicted octanol–water partition coefficient (Wildman–Crippen LogP) is 0.152. The standard InChI is InChI=1S/C5H12NO3P/c1-10(8,9)4-2-3-5(6)7/h2-4H2,1H3,(H2,6,7)(H,8,9). The maximum absolute atomic E-state index is 10.6. The van der Waals surface area contributed by atoms with Crippen LogP contribution in [0.2, 0.25) is 0 Å². The van der Waals surface area contributed by atoms with Gasteiger partial charge >= 0.3 is 0 Å². The van der Waals surface area contributed by atoms with Gasteiger partial charge in [0.15, 0.2) is 7.37 Å². The molecule has 5 heteroatoms. The minimum atomic E-state index is -2.93. The molecule has 0 heterocycles. The van der Waals surface area contributed by atoms with Crippen LogP contribution in [0.1, 0.15) is 12.8 Å². The summed E-state index contributed by atoms with van der Waals surface area (Å²) in [4.78, 5) is 18.9. The second-order valence-corrected chi connectivity index (χ2v) is 4.89. The lowest BCUT2D eigenvalue weighted by Gasteiger charge is -2.01. The van der Waals surface area contributed by atoms with Crippen molar-refractivity contribution in [3.8, 4) is 0 Å². The van der Waals surface area contributed by atoms with Gasteiger partial charge in [0.05, 0.1) is 0 Å². The van der Waals surface area contributed by atoms with Crippen LogP contribution in [0.4, 0.5) is 0 Å². The Morgan fingerprint density at radius 2 is 2.20 bits per heavy atom. The smallest absolute Gasteiger partial charge is 0.217 e. The van der Waals surface area contributed by atoms with Crippen molar-refractivity contribution >= 4 is 13.3 Å². The number of hydrogen-bond donors (Lipinski definition) is 2. The molecule has 0 bridgehead atoms. The first-order chi connectivity index (χ1) is 4.42. The molecular formula is C5H12NO3P. The Labute approximate surface area is 59.9 Å². The average Bonchev–Trinajstić information content (AvgIpc) is 1.59. The van der Waals surface area contributed by atoms with Gasteiger partial charge in [-0.05, 0) is 6.42 Å². The highest BCUT2D eigenvalue weighted by atomic mass is 31.2. The molecule has 4 nitrogen and oxygen atoms in total. The molecule has 0 radical (unpaired) electrons. The van der Waals surface area contributed by atoms with Crippen LogP contribution < -0.4 is 5.73 Å². The molecule has 0 fully saturated rings. The van der Waals surface area contributed by atoms with Gasteiger partial charge in [0.2, 0.25) is 5.91 Å². The minimum absolute atomic E-state index is 0.177. The summed E-state index contributed by atoms with van der Waals surface area (Å²) in [5, 5.41) is 0. The van der Waals surface area contributed by atoms with E-state index in [1.54, 1.807) is 0 Å². The summed E-state index contributed by atoms with van der Waals surface area (Å²) in [5.74, 6) is -0.423. The molecule has 0 saturated heterocycles. The molecule has 3 N–H and O–H groups in total. The van der Waals surface area contributed by atoms with E-state index in [-0.39, 0.29) is 12.6 Å². The third kappa shape index (κ3) is 7.66. The number of carbonyl (C=O) groups is 1. The van der Waals surface area contributed by atoms with Gasteiger partial charge in [0.25, 0.3) is 0 Å². The molecule has 0 saturated carbocycles. The third-order valence-electron chi connectivity index (χ3n) is 0.996. The monoisotopic (exact) mass is 165 g/mol. The van der Waals surface area contributed by atoms with Crippen LogP contribution in [0, 0.1) is 0 Å². The van der Waals surface area contributed by atoms with E-state index in [0.29, 0.717) is 6.42 Å². The fourth-order valence-electron chi connectivity index (χ4n) is 0.547. The van der Waals surface area contributed by atoms with E-state index in [1.807, 2.05) is 0 Å². The molecule has 0 aliphatic rings. The zero-order chi connectivity index (χ0) is 8.20. The molecule has 0 aromatic carbocycles. The summed E-state index contributed by atoms with van der Waals surface area (Å²) in [6.07, 6.45) is 0.772. The van der Waals surface area contributed by atoms with Crippen molar-refractivity contribution in [2.24, 2.45) is 5.73 Å². The van der Waals surface area contributed by atoms with Crippen molar-refractivity contribution < 1.29 is 14.3 Å². The molecule has 1 amide bonds. The van der Waals surface area contributed by atoms with E-state index < -0.39 is 13.3 Å². The topological polar surface area (TPSA) is 80.4 Å². The van der Waals surface area contributed by atoms with Crippen molar-refractivity contribution in [2.45, 2.75) is 12.8 Å². The van der Waals surface area contributed by atoms with E-state index in [2.05, 4.69) is 0 Å². The van der Waals surface area contributed by atoms with Crippen molar-refractivity contribution in [1.82, 2.24) is 0 Å². The summed E-state index contributed by atoms with van der Waals surface area (Å²) in [5.41, 5.74) is 4.81. The molecule has 10 heavy (non-hydrogen) atoms. The van der Waals surface area contributed by atoms with Crippen LogP contribution in [0.25, 0.3) is 0 Å². The van der Waals surface area contributed by atoms with Crippen LogP contribution in [0.3, 0.4) is 0 Å². The van der Waals surface area contributed by atoms with Gasteiger partial charge in [0.1, 0.15) is 0 Å². The van der Waals surface area contributed by atoms with Crippen molar-refractivity contribution in [3.05, 3.63) is 0 Å². The molecule has 0 spiro atoms. The SMILES string of the molecule is CP(=O)(O)CCCC(N)=O. The second kappa shape index (κ2) is 3.74. The van der Waals surface area contributed by atoms with Gasteiger partial charge < -0.3 is 10.6 Å².